The minimum absolute atomic E-state index is 0.0444. The Bertz CT molecular complexity index is 2520. The summed E-state index contributed by atoms with van der Waals surface area (Å²) in [5.41, 5.74) is 5.14. The molecule has 2 aromatic heterocycles. The summed E-state index contributed by atoms with van der Waals surface area (Å²) in [5, 5.41) is 16.4. The maximum Gasteiger partial charge on any atom is 0.410 e. The fraction of sp³-hybridized carbons (Fsp3) is 0.471. The van der Waals surface area contributed by atoms with Crippen LogP contribution in [0.2, 0.25) is 0 Å². The number of nitrogens with one attached hydrogen (secondary N) is 5. The Morgan fingerprint density at radius 2 is 1.54 bits per heavy atom. The number of carbonyl (C=O) groups excluding carboxylic acids is 5. The van der Waals surface area contributed by atoms with Gasteiger partial charge in [-0.15, -0.1) is 0 Å². The molecule has 16 heteroatoms. The number of carbonyl (C=O) groups is 5. The van der Waals surface area contributed by atoms with Crippen LogP contribution in [-0.2, 0) is 25.5 Å². The van der Waals surface area contributed by atoms with Crippen molar-refractivity contribution >= 4 is 46.6 Å². The molecule has 1 atom stereocenters. The van der Waals surface area contributed by atoms with Gasteiger partial charge in [0, 0.05) is 62.2 Å². The molecule has 0 radical (unpaired) electrons. The molecular weight excluding hydrogens is 851 g/mol. The second-order valence-corrected chi connectivity index (χ2v) is 20.0. The molecule has 16 nitrogen and oxygen atoms in total. The number of nitrogens with zero attached hydrogens (tertiary/aromatic N) is 4. The first-order valence-electron chi connectivity index (χ1n) is 23.4. The summed E-state index contributed by atoms with van der Waals surface area (Å²) in [7, 11) is 0. The number of likely N-dealkylation sites (tertiary alicyclic amines) is 1. The summed E-state index contributed by atoms with van der Waals surface area (Å²) < 4.78 is 12.5. The average Bonchev–Trinajstić information content (AvgIpc) is 3.96. The van der Waals surface area contributed by atoms with Gasteiger partial charge in [-0.3, -0.25) is 14.4 Å². The largest absolute Gasteiger partial charge is 0.444 e. The lowest BCUT2D eigenvalue weighted by Crippen LogP contribution is -2.47. The van der Waals surface area contributed by atoms with Crippen LogP contribution in [0.3, 0.4) is 0 Å². The molecule has 1 aliphatic heterocycles. The zero-order valence-electron chi connectivity index (χ0n) is 39.7. The smallest absolute Gasteiger partial charge is 0.410 e. The number of alkyl carbamates (subject to hydrolysis) is 1. The van der Waals surface area contributed by atoms with Gasteiger partial charge in [-0.2, -0.15) is 5.10 Å². The Hall–Kier alpha value is -6.71. The zero-order valence-corrected chi connectivity index (χ0v) is 39.7. The Kier molecular flexibility index (Phi) is 15.0. The highest BCUT2D eigenvalue weighted by Gasteiger charge is 2.29. The standard InChI is InChI=1S/C51H65N9O7/c1-32-27-37(45(62)54-38-21-25-59(26-22-38)49(65)67-51(5,6)7)17-19-40(32)36-15-13-33(14-16-36)28-43(46(63)55-39-18-20-41-42(30-39)58-47(57-41)60-24-8-23-53-60)56-44(61)29-34-9-11-35(12-10-34)31-52-48(64)66-50(2,3)4/h8,13-20,23-24,27,30,34-35,38,43H,9-12,21-22,25-26,28-29,31H2,1-7H3,(H,52,64)(H,54,62)(H,55,63)(H,56,61)(H,57,58)/t34?,35?,43-/m0/s1. The summed E-state index contributed by atoms with van der Waals surface area (Å²) in [6, 6.07) is 19.9. The van der Waals surface area contributed by atoms with Crippen LogP contribution in [0.4, 0.5) is 15.3 Å². The molecular formula is C51H65N9O7. The van der Waals surface area contributed by atoms with Crippen molar-refractivity contribution in [2.75, 3.05) is 25.0 Å². The van der Waals surface area contributed by atoms with Crippen LogP contribution in [0.1, 0.15) is 108 Å². The number of imidazole rings is 1. The highest BCUT2D eigenvalue weighted by Crippen LogP contribution is 2.31. The van der Waals surface area contributed by atoms with Gasteiger partial charge in [0.15, 0.2) is 0 Å². The van der Waals surface area contributed by atoms with E-state index in [0.29, 0.717) is 67.5 Å². The van der Waals surface area contributed by atoms with Gasteiger partial charge in [0.05, 0.1) is 11.0 Å². The number of anilines is 1. The molecule has 5 amide bonds. The molecule has 5 aromatic rings. The van der Waals surface area contributed by atoms with E-state index in [1.165, 1.54) is 0 Å². The molecule has 0 bridgehead atoms. The normalized spacial score (nSPS) is 17.3. The van der Waals surface area contributed by atoms with E-state index in [0.717, 1.165) is 53.5 Å². The zero-order chi connectivity index (χ0) is 47.9. The lowest BCUT2D eigenvalue weighted by molar-refractivity contribution is -0.127. The lowest BCUT2D eigenvalue weighted by Gasteiger charge is -2.33. The van der Waals surface area contributed by atoms with Gasteiger partial charge in [0.25, 0.3) is 5.91 Å². The second-order valence-electron chi connectivity index (χ2n) is 20.0. The maximum atomic E-state index is 14.1. The molecule has 67 heavy (non-hydrogen) atoms. The van der Waals surface area contributed by atoms with Crippen LogP contribution in [0.5, 0.6) is 0 Å². The van der Waals surface area contributed by atoms with Gasteiger partial charge in [-0.1, -0.05) is 30.3 Å². The van der Waals surface area contributed by atoms with E-state index in [-0.39, 0.29) is 42.2 Å². The number of H-pyrrole nitrogens is 1. The first kappa shape index (κ1) is 48.2. The van der Waals surface area contributed by atoms with E-state index in [1.807, 2.05) is 109 Å². The van der Waals surface area contributed by atoms with Crippen LogP contribution in [0, 0.1) is 18.8 Å². The Balaban J connectivity index is 0.977. The highest BCUT2D eigenvalue weighted by atomic mass is 16.6. The minimum atomic E-state index is -0.867. The summed E-state index contributed by atoms with van der Waals surface area (Å²) in [6.07, 6.45) is 8.02. The SMILES string of the molecule is Cc1cc(C(=O)NC2CCN(C(=O)OC(C)(C)C)CC2)ccc1-c1ccc(C[C@H](NC(=O)CC2CCC(CNC(=O)OC(C)(C)C)CC2)C(=O)Nc2ccc3nc(-n4cccn4)[nH]c3c2)cc1. The van der Waals surface area contributed by atoms with Crippen LogP contribution < -0.4 is 21.3 Å². The van der Waals surface area contributed by atoms with Crippen molar-refractivity contribution in [3.63, 3.8) is 0 Å². The number of aryl methyl sites for hydroxylation is 1. The molecule has 0 spiro atoms. The topological polar surface area (TPSA) is 202 Å². The molecule has 1 saturated heterocycles. The fourth-order valence-corrected chi connectivity index (χ4v) is 8.70. The number of hydrogen-bond acceptors (Lipinski definition) is 9. The van der Waals surface area contributed by atoms with Crippen molar-refractivity contribution < 1.29 is 33.4 Å². The van der Waals surface area contributed by atoms with Crippen molar-refractivity contribution in [1.29, 1.82) is 0 Å². The third-order valence-electron chi connectivity index (χ3n) is 12.2. The highest BCUT2D eigenvalue weighted by molar-refractivity contribution is 5.99. The van der Waals surface area contributed by atoms with E-state index >= 15 is 0 Å². The molecule has 1 aliphatic carbocycles. The number of hydrogen-bond donors (Lipinski definition) is 5. The Labute approximate surface area is 392 Å². The lowest BCUT2D eigenvalue weighted by atomic mass is 9.80. The molecule has 3 heterocycles. The minimum Gasteiger partial charge on any atom is -0.444 e. The molecule has 5 N–H and O–H groups in total. The van der Waals surface area contributed by atoms with Gasteiger partial charge < -0.3 is 40.6 Å². The monoisotopic (exact) mass is 916 g/mol. The summed E-state index contributed by atoms with van der Waals surface area (Å²) in [4.78, 5) is 75.3. The quantitative estimate of drug-likeness (QED) is 0.0771. The third-order valence-corrected chi connectivity index (χ3v) is 12.2. The van der Waals surface area contributed by atoms with Gasteiger partial charge in [0.2, 0.25) is 17.8 Å². The molecule has 2 aliphatic rings. The van der Waals surface area contributed by atoms with Crippen LogP contribution in [0.25, 0.3) is 28.1 Å². The summed E-state index contributed by atoms with van der Waals surface area (Å²) in [5.74, 6) is 0.330. The van der Waals surface area contributed by atoms with Crippen molar-refractivity contribution in [1.82, 2.24) is 40.6 Å². The summed E-state index contributed by atoms with van der Waals surface area (Å²) >= 11 is 0. The predicted molar refractivity (Wildman–Crippen MR) is 257 cm³/mol. The number of benzene rings is 3. The van der Waals surface area contributed by atoms with Crippen LogP contribution in [-0.4, -0.2) is 97.5 Å². The van der Waals surface area contributed by atoms with Crippen molar-refractivity contribution in [3.8, 4) is 17.1 Å². The second kappa shape index (κ2) is 20.9. The maximum absolute atomic E-state index is 14.1. The molecule has 1 saturated carbocycles. The fourth-order valence-electron chi connectivity index (χ4n) is 8.70. The molecule has 0 unspecified atom stereocenters. The van der Waals surface area contributed by atoms with Gasteiger partial charge >= 0.3 is 12.2 Å². The van der Waals surface area contributed by atoms with E-state index in [4.69, 9.17) is 9.47 Å². The number of rotatable bonds is 13. The Morgan fingerprint density at radius 3 is 2.19 bits per heavy atom. The van der Waals surface area contributed by atoms with Gasteiger partial charge in [0.1, 0.15) is 17.2 Å². The number of piperidine rings is 1. The molecule has 356 valence electrons. The first-order valence-corrected chi connectivity index (χ1v) is 23.4. The number of ether oxygens (including phenoxy) is 2. The van der Waals surface area contributed by atoms with Gasteiger partial charge in [-0.05, 0) is 157 Å². The van der Waals surface area contributed by atoms with Crippen molar-refractivity contribution in [2.45, 2.75) is 123 Å². The third kappa shape index (κ3) is 13.7. The Morgan fingerprint density at radius 1 is 0.836 bits per heavy atom. The molecule has 7 rings (SSSR count). The van der Waals surface area contributed by atoms with E-state index in [1.54, 1.807) is 28.0 Å². The molecule has 3 aromatic carbocycles. The predicted octanol–water partition coefficient (Wildman–Crippen LogP) is 8.24. The summed E-state index contributed by atoms with van der Waals surface area (Å²) in [6.45, 7) is 14.6. The van der Waals surface area contributed by atoms with Crippen molar-refractivity contribution in [2.24, 2.45) is 11.8 Å². The first-order chi connectivity index (χ1) is 31.8. The van der Waals surface area contributed by atoms with Crippen LogP contribution in [0.15, 0.2) is 79.1 Å². The number of aromatic nitrogens is 4. The average molecular weight is 916 g/mol. The van der Waals surface area contributed by atoms with E-state index < -0.39 is 23.3 Å². The van der Waals surface area contributed by atoms with E-state index in [9.17, 15) is 24.0 Å². The van der Waals surface area contributed by atoms with Gasteiger partial charge in [-0.25, -0.2) is 19.3 Å². The molecule has 2 fully saturated rings. The van der Waals surface area contributed by atoms with Crippen molar-refractivity contribution in [3.05, 3.63) is 95.8 Å². The van der Waals surface area contributed by atoms with Crippen LogP contribution >= 0.6 is 0 Å². The number of fused-ring (bicyclic) bond motifs is 1. The van der Waals surface area contributed by atoms with E-state index in [2.05, 4.69) is 36.3 Å². The number of amides is 5. The number of aromatic amines is 1.